The molecule has 0 aliphatic carbocycles. The number of esters is 2. The first-order valence-corrected chi connectivity index (χ1v) is 14.1. The summed E-state index contributed by atoms with van der Waals surface area (Å²) < 4.78 is 13.5. The van der Waals surface area contributed by atoms with Crippen LogP contribution in [0.15, 0.2) is 88.1 Å². The zero-order chi connectivity index (χ0) is 30.9. The van der Waals surface area contributed by atoms with Crippen LogP contribution < -0.4 is 11.1 Å². The minimum Gasteiger partial charge on any atom is -0.458 e. The molecule has 0 radical (unpaired) electrons. The molecule has 0 fully saturated rings. The van der Waals surface area contributed by atoms with Gasteiger partial charge in [-0.1, -0.05) is 56.3 Å². The molecule has 2 aromatic carbocycles. The first-order chi connectivity index (χ1) is 20.7. The lowest BCUT2D eigenvalue weighted by Crippen LogP contribution is -2.16. The summed E-state index contributed by atoms with van der Waals surface area (Å²) in [5, 5.41) is 5.72. The van der Waals surface area contributed by atoms with E-state index in [4.69, 9.17) is 9.47 Å². The summed E-state index contributed by atoms with van der Waals surface area (Å²) in [6.07, 6.45) is 6.36. The molecule has 2 aromatic heterocycles. The maximum atomic E-state index is 13.3. The van der Waals surface area contributed by atoms with E-state index in [2.05, 4.69) is 15.9 Å². The van der Waals surface area contributed by atoms with E-state index in [-0.39, 0.29) is 34.7 Å². The summed E-state index contributed by atoms with van der Waals surface area (Å²) in [5.74, 6) is -1.32. The van der Waals surface area contributed by atoms with E-state index in [1.165, 1.54) is 33.7 Å². The van der Waals surface area contributed by atoms with Crippen molar-refractivity contribution in [2.75, 3.05) is 0 Å². The van der Waals surface area contributed by atoms with Gasteiger partial charge in [-0.2, -0.15) is 0 Å². The Bertz CT molecular complexity index is 1780. The second kappa shape index (κ2) is 14.0. The summed E-state index contributed by atoms with van der Waals surface area (Å²) in [4.78, 5) is 52.4. The highest BCUT2D eigenvalue weighted by atomic mass is 16.5. The number of aromatic nitrogens is 4. The Labute approximate surface area is 248 Å². The molecule has 0 aliphatic heterocycles. The van der Waals surface area contributed by atoms with Crippen LogP contribution in [0.3, 0.4) is 0 Å². The molecular weight excluding hydrogens is 548 g/mol. The minimum absolute atomic E-state index is 0.00856. The second-order valence-corrected chi connectivity index (χ2v) is 9.84. The van der Waals surface area contributed by atoms with Crippen molar-refractivity contribution in [1.82, 2.24) is 19.6 Å². The highest BCUT2D eigenvalue weighted by Gasteiger charge is 2.23. The molecule has 2 heterocycles. The van der Waals surface area contributed by atoms with Gasteiger partial charge in [0.25, 0.3) is 11.1 Å². The predicted molar refractivity (Wildman–Crippen MR) is 165 cm³/mol. The maximum Gasteiger partial charge on any atom is 0.357 e. The molecule has 0 saturated heterocycles. The molecule has 43 heavy (non-hydrogen) atoms. The van der Waals surface area contributed by atoms with Gasteiger partial charge in [0.2, 0.25) is 0 Å². The Morgan fingerprint density at radius 2 is 1.21 bits per heavy atom. The van der Waals surface area contributed by atoms with Crippen molar-refractivity contribution in [1.29, 1.82) is 0 Å². The third-order valence-electron chi connectivity index (χ3n) is 6.74. The monoisotopic (exact) mass is 582 g/mol. The number of aromatic amines is 2. The molecule has 2 unspecified atom stereocenters. The first-order valence-electron chi connectivity index (χ1n) is 14.1. The number of nitrogens with one attached hydrogen (secondary N) is 2. The molecule has 10 nitrogen and oxygen atoms in total. The Morgan fingerprint density at radius 3 is 1.67 bits per heavy atom. The molecule has 4 rings (SSSR count). The van der Waals surface area contributed by atoms with Crippen molar-refractivity contribution < 1.29 is 19.1 Å². The van der Waals surface area contributed by atoms with E-state index in [9.17, 15) is 19.2 Å². The van der Waals surface area contributed by atoms with Crippen LogP contribution in [0.2, 0.25) is 0 Å². The number of H-pyrrole nitrogens is 2. The van der Waals surface area contributed by atoms with Gasteiger partial charge in [0, 0.05) is 0 Å². The predicted octanol–water partition coefficient (Wildman–Crippen LogP) is 5.44. The van der Waals surface area contributed by atoms with Gasteiger partial charge in [-0.3, -0.25) is 19.8 Å². The fourth-order valence-corrected chi connectivity index (χ4v) is 4.00. The molecule has 0 saturated carbocycles. The number of carbonyl (C=O) groups is 2. The van der Waals surface area contributed by atoms with Crippen LogP contribution in [0.4, 0.5) is 0 Å². The average molecular weight is 583 g/mol. The second-order valence-electron chi connectivity index (χ2n) is 9.84. The normalized spacial score (nSPS) is 12.4. The Kier molecular flexibility index (Phi) is 9.98. The SMILES string of the molecule is CCC(C)OC(=O)c1[nH]n(-c2ccccc2)c(=O)c1C=C=CC=Cc1c(C(=O)OC(C)CC)[nH]n(-c2ccccc2)c1=O. The lowest BCUT2D eigenvalue weighted by Gasteiger charge is -2.10. The summed E-state index contributed by atoms with van der Waals surface area (Å²) in [7, 11) is 0. The molecule has 0 bridgehead atoms. The number of hydrogen-bond acceptors (Lipinski definition) is 6. The van der Waals surface area contributed by atoms with Crippen molar-refractivity contribution in [3.63, 3.8) is 0 Å². The minimum atomic E-state index is -0.664. The Hall–Kier alpha value is -5.34. The molecule has 4 aromatic rings. The Balaban J connectivity index is 1.71. The van der Waals surface area contributed by atoms with Crippen molar-refractivity contribution in [3.8, 4) is 11.4 Å². The zero-order valence-corrected chi connectivity index (χ0v) is 24.5. The molecule has 2 N–H and O–H groups in total. The van der Waals surface area contributed by atoms with Gasteiger partial charge >= 0.3 is 11.9 Å². The van der Waals surface area contributed by atoms with Crippen LogP contribution in [0.5, 0.6) is 0 Å². The number of nitrogens with zero attached hydrogens (tertiary/aromatic N) is 2. The third-order valence-corrected chi connectivity index (χ3v) is 6.74. The van der Waals surface area contributed by atoms with Crippen molar-refractivity contribution in [2.24, 2.45) is 0 Å². The summed E-state index contributed by atoms with van der Waals surface area (Å²) >= 11 is 0. The van der Waals surface area contributed by atoms with Crippen LogP contribution in [0.1, 0.15) is 72.6 Å². The smallest absolute Gasteiger partial charge is 0.357 e. The summed E-state index contributed by atoms with van der Waals surface area (Å²) in [6, 6.07) is 17.7. The topological polar surface area (TPSA) is 128 Å². The molecule has 0 spiro atoms. The van der Waals surface area contributed by atoms with Crippen LogP contribution in [-0.2, 0) is 9.47 Å². The number of para-hydroxylation sites is 2. The number of rotatable bonds is 11. The van der Waals surface area contributed by atoms with E-state index >= 15 is 0 Å². The van der Waals surface area contributed by atoms with Crippen molar-refractivity contribution in [2.45, 2.75) is 52.7 Å². The van der Waals surface area contributed by atoms with E-state index in [1.54, 1.807) is 62.4 Å². The quantitative estimate of drug-likeness (QED) is 0.138. The van der Waals surface area contributed by atoms with Gasteiger partial charge in [0.15, 0.2) is 11.4 Å². The lowest BCUT2D eigenvalue weighted by atomic mass is 10.2. The van der Waals surface area contributed by atoms with Crippen molar-refractivity contribution >= 4 is 24.1 Å². The van der Waals surface area contributed by atoms with Gasteiger partial charge < -0.3 is 9.47 Å². The van der Waals surface area contributed by atoms with E-state index in [0.717, 1.165) is 0 Å². The van der Waals surface area contributed by atoms with E-state index < -0.39 is 23.1 Å². The van der Waals surface area contributed by atoms with Gasteiger partial charge in [-0.05, 0) is 69.2 Å². The number of benzene rings is 2. The average Bonchev–Trinajstić information content (AvgIpc) is 3.53. The number of allylic oxidation sites excluding steroid dienone is 2. The standard InChI is InChI=1S/C33H34N4O6/c1-5-22(3)42-32(40)28-26(30(38)36(34-28)24-16-10-7-11-17-24)20-14-9-15-21-27-29(33(41)43-23(4)6-2)35-37(31(27)39)25-18-12-8-13-19-25/h7-14,16-23,34-35H,5-6H2,1-4H3. The summed E-state index contributed by atoms with van der Waals surface area (Å²) in [6.45, 7) is 7.32. The third kappa shape index (κ3) is 7.12. The first kappa shape index (κ1) is 30.6. The maximum absolute atomic E-state index is 13.3. The molecule has 10 heteroatoms. The molecule has 2 atom stereocenters. The van der Waals surface area contributed by atoms with Crippen LogP contribution in [-0.4, -0.2) is 43.7 Å². The fraction of sp³-hybridized carbons (Fsp3) is 0.242. The molecule has 0 amide bonds. The van der Waals surface area contributed by atoms with E-state index in [0.29, 0.717) is 24.2 Å². The Morgan fingerprint density at radius 1 is 0.767 bits per heavy atom. The molecule has 222 valence electrons. The van der Waals surface area contributed by atoms with Crippen LogP contribution >= 0.6 is 0 Å². The molecular formula is C33H34N4O6. The van der Waals surface area contributed by atoms with E-state index in [1.807, 2.05) is 26.0 Å². The number of carbonyl (C=O) groups excluding carboxylic acids is 2. The van der Waals surface area contributed by atoms with Gasteiger partial charge in [0.05, 0.1) is 34.7 Å². The fourth-order valence-electron chi connectivity index (χ4n) is 4.00. The van der Waals surface area contributed by atoms with Gasteiger partial charge in [-0.25, -0.2) is 19.0 Å². The van der Waals surface area contributed by atoms with Crippen LogP contribution in [0, 0.1) is 0 Å². The number of hydrogen-bond donors (Lipinski definition) is 2. The van der Waals surface area contributed by atoms with Crippen LogP contribution in [0.25, 0.3) is 23.5 Å². The highest BCUT2D eigenvalue weighted by Crippen LogP contribution is 2.14. The zero-order valence-electron chi connectivity index (χ0n) is 24.5. The molecule has 0 aliphatic rings. The highest BCUT2D eigenvalue weighted by molar-refractivity contribution is 5.92. The van der Waals surface area contributed by atoms with Gasteiger partial charge in [0.1, 0.15) is 0 Å². The largest absolute Gasteiger partial charge is 0.458 e. The lowest BCUT2D eigenvalue weighted by molar-refractivity contribution is 0.0317. The number of ether oxygens (including phenoxy) is 2. The summed E-state index contributed by atoms with van der Waals surface area (Å²) in [5.41, 5.74) is 3.24. The van der Waals surface area contributed by atoms with Gasteiger partial charge in [-0.15, -0.1) is 5.73 Å². The van der Waals surface area contributed by atoms with Crippen molar-refractivity contribution in [3.05, 3.63) is 122 Å².